The summed E-state index contributed by atoms with van der Waals surface area (Å²) in [4.78, 5) is 8.42. The van der Waals surface area contributed by atoms with E-state index < -0.39 is 0 Å². The number of rotatable bonds is 3. The summed E-state index contributed by atoms with van der Waals surface area (Å²) in [6, 6.07) is 0. The zero-order chi connectivity index (χ0) is 9.97. The number of nitrogens with zero attached hydrogens (tertiary/aromatic N) is 2. The van der Waals surface area contributed by atoms with Crippen LogP contribution in [0, 0.1) is 6.92 Å². The van der Waals surface area contributed by atoms with E-state index in [-0.39, 0.29) is 0 Å². The average molecular weight is 228 g/mol. The molecule has 0 aliphatic carbocycles. The lowest BCUT2D eigenvalue weighted by Crippen LogP contribution is -2.04. The molecule has 0 unspecified atom stereocenters. The van der Waals surface area contributed by atoms with Crippen LogP contribution >= 0.6 is 22.9 Å². The topological polar surface area (TPSA) is 37.8 Å². The molecule has 0 amide bonds. The maximum atomic E-state index is 5.61. The zero-order valence-electron chi connectivity index (χ0n) is 7.75. The van der Waals surface area contributed by atoms with E-state index in [9.17, 15) is 0 Å². The van der Waals surface area contributed by atoms with Crippen LogP contribution in [0.3, 0.4) is 0 Å². The third-order valence-electron chi connectivity index (χ3n) is 1.92. The van der Waals surface area contributed by atoms with Crippen molar-refractivity contribution in [2.45, 2.75) is 6.92 Å². The van der Waals surface area contributed by atoms with Crippen LogP contribution in [0.2, 0.25) is 0 Å². The second kappa shape index (κ2) is 4.11. The first kappa shape index (κ1) is 9.68. The van der Waals surface area contributed by atoms with Gasteiger partial charge in [-0.2, -0.15) is 0 Å². The van der Waals surface area contributed by atoms with E-state index in [1.54, 1.807) is 17.7 Å². The number of aromatic nitrogens is 2. The zero-order valence-corrected chi connectivity index (χ0v) is 9.32. The van der Waals surface area contributed by atoms with Gasteiger partial charge in [-0.1, -0.05) is 0 Å². The Bertz CT molecular complexity index is 441. The molecule has 14 heavy (non-hydrogen) atoms. The van der Waals surface area contributed by atoms with Gasteiger partial charge in [0, 0.05) is 12.4 Å². The van der Waals surface area contributed by atoms with Gasteiger partial charge in [-0.15, -0.1) is 22.9 Å². The first-order valence-electron chi connectivity index (χ1n) is 4.31. The highest BCUT2D eigenvalue weighted by Gasteiger charge is 2.06. The van der Waals surface area contributed by atoms with Gasteiger partial charge >= 0.3 is 0 Å². The highest BCUT2D eigenvalue weighted by Crippen LogP contribution is 2.28. The Kier molecular flexibility index (Phi) is 2.84. The summed E-state index contributed by atoms with van der Waals surface area (Å²) in [6.45, 7) is 2.78. The molecule has 5 heteroatoms. The van der Waals surface area contributed by atoms with Crippen LogP contribution < -0.4 is 5.32 Å². The van der Waals surface area contributed by atoms with Crippen molar-refractivity contribution in [1.82, 2.24) is 9.97 Å². The van der Waals surface area contributed by atoms with Crippen LogP contribution in [-0.2, 0) is 0 Å². The standard InChI is InChI=1S/C9H10ClN3S/c1-6-4-14-8-7(6)12-5-13-9(8)11-3-2-10/h4-5H,2-3H2,1H3,(H,11,12,13). The third-order valence-corrected chi connectivity index (χ3v) is 3.20. The number of fused-ring (bicyclic) bond motifs is 1. The molecule has 0 atom stereocenters. The first-order chi connectivity index (χ1) is 6.83. The van der Waals surface area contributed by atoms with Gasteiger partial charge in [-0.25, -0.2) is 9.97 Å². The summed E-state index contributed by atoms with van der Waals surface area (Å²) in [7, 11) is 0. The second-order valence-electron chi connectivity index (χ2n) is 2.93. The molecule has 2 aromatic rings. The molecule has 0 bridgehead atoms. The molecular formula is C9H10ClN3S. The van der Waals surface area contributed by atoms with Gasteiger partial charge in [-0.3, -0.25) is 0 Å². The molecule has 74 valence electrons. The lowest BCUT2D eigenvalue weighted by Gasteiger charge is -2.02. The van der Waals surface area contributed by atoms with Gasteiger partial charge in [0.25, 0.3) is 0 Å². The van der Waals surface area contributed by atoms with E-state index in [1.165, 1.54) is 5.56 Å². The molecule has 0 aromatic carbocycles. The Labute approximate surface area is 91.1 Å². The number of thiophene rings is 1. The fourth-order valence-corrected chi connectivity index (χ4v) is 2.32. The number of anilines is 1. The van der Waals surface area contributed by atoms with Crippen LogP contribution in [0.15, 0.2) is 11.7 Å². The van der Waals surface area contributed by atoms with Crippen LogP contribution in [-0.4, -0.2) is 22.4 Å². The summed E-state index contributed by atoms with van der Waals surface area (Å²) in [5, 5.41) is 5.27. The van der Waals surface area contributed by atoms with Crippen LogP contribution in [0.1, 0.15) is 5.56 Å². The smallest absolute Gasteiger partial charge is 0.147 e. The minimum absolute atomic E-state index is 0.579. The molecule has 0 spiro atoms. The molecular weight excluding hydrogens is 218 g/mol. The maximum absolute atomic E-state index is 5.61. The Balaban J connectivity index is 2.44. The highest BCUT2D eigenvalue weighted by atomic mass is 35.5. The van der Waals surface area contributed by atoms with Crippen LogP contribution in [0.5, 0.6) is 0 Å². The van der Waals surface area contributed by atoms with E-state index in [4.69, 9.17) is 11.6 Å². The van der Waals surface area contributed by atoms with Gasteiger partial charge in [0.05, 0.1) is 10.2 Å². The van der Waals surface area contributed by atoms with Crippen LogP contribution in [0.25, 0.3) is 10.2 Å². The Morgan fingerprint density at radius 3 is 3.14 bits per heavy atom. The molecule has 0 aliphatic rings. The quantitative estimate of drug-likeness (QED) is 0.820. The molecule has 2 heterocycles. The number of hydrogen-bond donors (Lipinski definition) is 1. The molecule has 3 nitrogen and oxygen atoms in total. The van der Waals surface area contributed by atoms with Crippen molar-refractivity contribution in [3.05, 3.63) is 17.3 Å². The second-order valence-corrected chi connectivity index (χ2v) is 4.19. The lowest BCUT2D eigenvalue weighted by molar-refractivity contribution is 1.15. The first-order valence-corrected chi connectivity index (χ1v) is 5.73. The van der Waals surface area contributed by atoms with Crippen molar-refractivity contribution < 1.29 is 0 Å². The Hall–Kier alpha value is -0.870. The van der Waals surface area contributed by atoms with Gasteiger partial charge in [0.1, 0.15) is 12.1 Å². The van der Waals surface area contributed by atoms with E-state index in [0.717, 1.165) is 22.6 Å². The maximum Gasteiger partial charge on any atom is 0.147 e. The monoisotopic (exact) mass is 227 g/mol. The molecule has 2 rings (SSSR count). The molecule has 0 saturated heterocycles. The predicted molar refractivity (Wildman–Crippen MR) is 61.4 cm³/mol. The fourth-order valence-electron chi connectivity index (χ4n) is 1.26. The number of hydrogen-bond acceptors (Lipinski definition) is 4. The summed E-state index contributed by atoms with van der Waals surface area (Å²) in [5.74, 6) is 1.46. The average Bonchev–Trinajstić information content (AvgIpc) is 2.58. The van der Waals surface area contributed by atoms with Crippen LogP contribution in [0.4, 0.5) is 5.82 Å². The van der Waals surface area contributed by atoms with Gasteiger partial charge < -0.3 is 5.32 Å². The van der Waals surface area contributed by atoms with Gasteiger partial charge in [0.2, 0.25) is 0 Å². The Morgan fingerprint density at radius 1 is 1.50 bits per heavy atom. The number of aryl methyl sites for hydroxylation is 1. The largest absolute Gasteiger partial charge is 0.368 e. The van der Waals surface area contributed by atoms with Crippen molar-refractivity contribution in [1.29, 1.82) is 0 Å². The normalized spacial score (nSPS) is 10.7. The number of alkyl halides is 1. The van der Waals surface area contributed by atoms with Crippen molar-refractivity contribution in [2.75, 3.05) is 17.7 Å². The molecule has 0 fully saturated rings. The van der Waals surface area contributed by atoms with Crippen molar-refractivity contribution in [2.24, 2.45) is 0 Å². The third kappa shape index (κ3) is 1.67. The molecule has 2 aromatic heterocycles. The molecule has 1 N–H and O–H groups in total. The van der Waals surface area contributed by atoms with Crippen molar-refractivity contribution >= 4 is 39.0 Å². The minimum atomic E-state index is 0.579. The van der Waals surface area contributed by atoms with Gasteiger partial charge in [0.15, 0.2) is 0 Å². The summed E-state index contributed by atoms with van der Waals surface area (Å²) >= 11 is 7.27. The van der Waals surface area contributed by atoms with Gasteiger partial charge in [-0.05, 0) is 17.9 Å². The molecule has 0 saturated carbocycles. The minimum Gasteiger partial charge on any atom is -0.368 e. The van der Waals surface area contributed by atoms with Crippen molar-refractivity contribution in [3.63, 3.8) is 0 Å². The summed E-state index contributed by atoms with van der Waals surface area (Å²) in [5.41, 5.74) is 2.23. The summed E-state index contributed by atoms with van der Waals surface area (Å²) < 4.78 is 1.11. The molecule has 0 radical (unpaired) electrons. The highest BCUT2D eigenvalue weighted by molar-refractivity contribution is 7.18. The van der Waals surface area contributed by atoms with E-state index >= 15 is 0 Å². The number of nitrogens with one attached hydrogen (secondary N) is 1. The SMILES string of the molecule is Cc1csc2c(NCCCl)ncnc12. The summed E-state index contributed by atoms with van der Waals surface area (Å²) in [6.07, 6.45) is 1.58. The van der Waals surface area contributed by atoms with E-state index in [2.05, 4.69) is 27.6 Å². The van der Waals surface area contributed by atoms with E-state index in [0.29, 0.717) is 5.88 Å². The van der Waals surface area contributed by atoms with E-state index in [1.807, 2.05) is 0 Å². The van der Waals surface area contributed by atoms with Crippen molar-refractivity contribution in [3.8, 4) is 0 Å². The lowest BCUT2D eigenvalue weighted by atomic mass is 10.3. The molecule has 0 aliphatic heterocycles. The number of halogens is 1. The fraction of sp³-hybridized carbons (Fsp3) is 0.333. The Morgan fingerprint density at radius 2 is 2.36 bits per heavy atom. The predicted octanol–water partition coefficient (Wildman–Crippen LogP) is 2.65.